The van der Waals surface area contributed by atoms with Gasteiger partial charge in [-0.1, -0.05) is 20.8 Å². The largest absolute Gasteiger partial charge is 0.447 e. The fourth-order valence-corrected chi connectivity index (χ4v) is 3.75. The van der Waals surface area contributed by atoms with Gasteiger partial charge < -0.3 is 10.2 Å². The summed E-state index contributed by atoms with van der Waals surface area (Å²) >= 11 is 0. The van der Waals surface area contributed by atoms with E-state index in [2.05, 4.69) is 25.5 Å². The maximum absolute atomic E-state index is 12.2. The third-order valence-electron chi connectivity index (χ3n) is 2.49. The number of nitrogens with two attached hydrogens (primary N) is 1. The summed E-state index contributed by atoms with van der Waals surface area (Å²) in [6.07, 6.45) is 0.712. The van der Waals surface area contributed by atoms with Crippen LogP contribution in [-0.2, 0) is 16.6 Å². The van der Waals surface area contributed by atoms with Gasteiger partial charge in [-0.15, -0.1) is 0 Å². The maximum atomic E-state index is 12.2. The Kier molecular flexibility index (Phi) is 4.49. The summed E-state index contributed by atoms with van der Waals surface area (Å²) in [7, 11) is -3.65. The lowest BCUT2D eigenvalue weighted by Gasteiger charge is -2.32. The molecule has 0 aliphatic rings. The first-order valence-electron chi connectivity index (χ1n) is 6.28. The molecule has 0 saturated heterocycles. The van der Waals surface area contributed by atoms with Crippen LogP contribution in [0, 0.1) is 5.41 Å². The number of hydrogen-bond acceptors (Lipinski definition) is 4. The second kappa shape index (κ2) is 5.26. The molecule has 5 nitrogen and oxygen atoms in total. The third kappa shape index (κ3) is 4.97. The van der Waals surface area contributed by atoms with Crippen molar-refractivity contribution in [3.63, 3.8) is 0 Å². The van der Waals surface area contributed by atoms with Gasteiger partial charge in [-0.25, -0.2) is 13.1 Å². The Morgan fingerprint density at radius 3 is 2.21 bits per heavy atom. The average molecular weight is 288 g/mol. The Labute approximate surface area is 115 Å². The van der Waals surface area contributed by atoms with Gasteiger partial charge in [0.15, 0.2) is 0 Å². The lowest BCUT2D eigenvalue weighted by molar-refractivity contribution is 0.267. The van der Waals surface area contributed by atoms with Crippen LogP contribution in [0.15, 0.2) is 21.6 Å². The topological polar surface area (TPSA) is 85.3 Å². The highest BCUT2D eigenvalue weighted by molar-refractivity contribution is 7.89. The SMILES string of the molecule is CC(C)(C)CC(C)(C)NS(=O)(=O)c1ccc(CN)o1. The molecule has 0 aromatic carbocycles. The van der Waals surface area contributed by atoms with E-state index in [1.54, 1.807) is 6.07 Å². The first-order valence-corrected chi connectivity index (χ1v) is 7.76. The van der Waals surface area contributed by atoms with Crippen LogP contribution in [0.25, 0.3) is 0 Å². The van der Waals surface area contributed by atoms with Crippen LogP contribution in [0.1, 0.15) is 46.8 Å². The van der Waals surface area contributed by atoms with E-state index in [1.807, 2.05) is 13.8 Å². The lowest BCUT2D eigenvalue weighted by atomic mass is 9.82. The van der Waals surface area contributed by atoms with Crippen LogP contribution >= 0.6 is 0 Å². The van der Waals surface area contributed by atoms with Crippen molar-refractivity contribution in [3.05, 3.63) is 17.9 Å². The minimum atomic E-state index is -3.65. The smallest absolute Gasteiger partial charge is 0.274 e. The number of hydrogen-bond donors (Lipinski definition) is 2. The van der Waals surface area contributed by atoms with Crippen molar-refractivity contribution in [2.75, 3.05) is 0 Å². The molecular weight excluding hydrogens is 264 g/mol. The molecule has 0 radical (unpaired) electrons. The molecule has 0 atom stereocenters. The summed E-state index contributed by atoms with van der Waals surface area (Å²) in [6.45, 7) is 10.1. The van der Waals surface area contributed by atoms with Gasteiger partial charge in [0.25, 0.3) is 10.0 Å². The summed E-state index contributed by atoms with van der Waals surface area (Å²) in [6, 6.07) is 3.00. The Morgan fingerprint density at radius 2 is 1.79 bits per heavy atom. The average Bonchev–Trinajstić information content (AvgIpc) is 2.59. The van der Waals surface area contributed by atoms with E-state index in [0.29, 0.717) is 12.2 Å². The standard InChI is InChI=1S/C13H24N2O3S/c1-12(2,3)9-13(4,5)15-19(16,17)11-7-6-10(8-14)18-11/h6-7,15H,8-9,14H2,1-5H3. The molecule has 6 heteroatoms. The van der Waals surface area contributed by atoms with Crippen LogP contribution in [-0.4, -0.2) is 14.0 Å². The monoisotopic (exact) mass is 288 g/mol. The van der Waals surface area contributed by atoms with Crippen molar-refractivity contribution in [2.45, 2.75) is 58.2 Å². The third-order valence-corrected chi connectivity index (χ3v) is 4.06. The van der Waals surface area contributed by atoms with Gasteiger partial charge in [-0.3, -0.25) is 0 Å². The lowest BCUT2D eigenvalue weighted by Crippen LogP contribution is -2.45. The molecule has 1 aromatic heterocycles. The summed E-state index contributed by atoms with van der Waals surface area (Å²) < 4.78 is 32.3. The predicted molar refractivity (Wildman–Crippen MR) is 75.1 cm³/mol. The molecule has 110 valence electrons. The number of nitrogens with one attached hydrogen (secondary N) is 1. The van der Waals surface area contributed by atoms with Crippen molar-refractivity contribution in [3.8, 4) is 0 Å². The Hall–Kier alpha value is -0.850. The molecule has 19 heavy (non-hydrogen) atoms. The molecule has 0 fully saturated rings. The summed E-state index contributed by atoms with van der Waals surface area (Å²) in [5.74, 6) is 0.453. The van der Waals surface area contributed by atoms with Gasteiger partial charge in [-0.05, 0) is 37.8 Å². The molecule has 1 heterocycles. The Balaban J connectivity index is 2.90. The van der Waals surface area contributed by atoms with E-state index in [-0.39, 0.29) is 17.1 Å². The van der Waals surface area contributed by atoms with E-state index < -0.39 is 15.6 Å². The highest BCUT2D eigenvalue weighted by atomic mass is 32.2. The number of furan rings is 1. The number of sulfonamides is 1. The van der Waals surface area contributed by atoms with Crippen LogP contribution in [0.2, 0.25) is 0 Å². The second-order valence-corrected chi connectivity index (χ2v) is 8.27. The van der Waals surface area contributed by atoms with Gasteiger partial charge in [0.1, 0.15) is 5.76 Å². The van der Waals surface area contributed by atoms with Crippen LogP contribution in [0.3, 0.4) is 0 Å². The molecule has 1 rings (SSSR count). The molecule has 0 amide bonds. The van der Waals surface area contributed by atoms with Gasteiger partial charge >= 0.3 is 0 Å². The molecule has 0 unspecified atom stereocenters. The van der Waals surface area contributed by atoms with E-state index in [9.17, 15) is 8.42 Å². The van der Waals surface area contributed by atoms with Crippen molar-refractivity contribution in [2.24, 2.45) is 11.1 Å². The van der Waals surface area contributed by atoms with Crippen molar-refractivity contribution < 1.29 is 12.8 Å². The van der Waals surface area contributed by atoms with Gasteiger partial charge in [0.05, 0.1) is 6.54 Å². The van der Waals surface area contributed by atoms with Crippen molar-refractivity contribution in [1.82, 2.24) is 4.72 Å². The fraction of sp³-hybridized carbons (Fsp3) is 0.692. The predicted octanol–water partition coefficient (Wildman–Crippen LogP) is 2.23. The molecule has 0 saturated carbocycles. The summed E-state index contributed by atoms with van der Waals surface area (Å²) in [5.41, 5.74) is 4.88. The minimum Gasteiger partial charge on any atom is -0.447 e. The van der Waals surface area contributed by atoms with E-state index in [1.165, 1.54) is 6.07 Å². The first-order chi connectivity index (χ1) is 8.45. The molecule has 1 aromatic rings. The zero-order valence-electron chi connectivity index (χ0n) is 12.3. The highest BCUT2D eigenvalue weighted by Crippen LogP contribution is 2.28. The molecule has 0 aliphatic heterocycles. The van der Waals surface area contributed by atoms with Crippen LogP contribution in [0.4, 0.5) is 0 Å². The van der Waals surface area contributed by atoms with E-state index >= 15 is 0 Å². The zero-order chi connectivity index (χ0) is 14.9. The van der Waals surface area contributed by atoms with Crippen LogP contribution in [0.5, 0.6) is 0 Å². The summed E-state index contributed by atoms with van der Waals surface area (Å²) in [5, 5.41) is -0.0880. The quantitative estimate of drug-likeness (QED) is 0.870. The van der Waals surface area contributed by atoms with Gasteiger partial charge in [0.2, 0.25) is 5.09 Å². The molecule has 0 spiro atoms. The van der Waals surface area contributed by atoms with E-state index in [0.717, 1.165) is 0 Å². The first kappa shape index (κ1) is 16.2. The van der Waals surface area contributed by atoms with Crippen molar-refractivity contribution >= 4 is 10.0 Å². The Bertz CT molecular complexity index is 524. The molecule has 0 bridgehead atoms. The highest BCUT2D eigenvalue weighted by Gasteiger charge is 2.31. The summed E-state index contributed by atoms with van der Waals surface area (Å²) in [4.78, 5) is 0. The van der Waals surface area contributed by atoms with E-state index in [4.69, 9.17) is 10.2 Å². The maximum Gasteiger partial charge on any atom is 0.274 e. The molecule has 0 aliphatic carbocycles. The van der Waals surface area contributed by atoms with Crippen LogP contribution < -0.4 is 10.5 Å². The van der Waals surface area contributed by atoms with Gasteiger partial charge in [-0.2, -0.15) is 0 Å². The minimum absolute atomic E-state index is 0.0254. The number of rotatable bonds is 5. The normalized spacial score (nSPS) is 13.8. The fourth-order valence-electron chi connectivity index (χ4n) is 2.39. The van der Waals surface area contributed by atoms with Gasteiger partial charge in [0, 0.05) is 5.54 Å². The molecular formula is C13H24N2O3S. The van der Waals surface area contributed by atoms with Crippen molar-refractivity contribution in [1.29, 1.82) is 0 Å². The molecule has 3 N–H and O–H groups in total. The second-order valence-electron chi connectivity index (χ2n) is 6.65. The Morgan fingerprint density at radius 1 is 1.21 bits per heavy atom. The zero-order valence-corrected chi connectivity index (χ0v) is 13.1.